The molecule has 21 heteroatoms. The topological polar surface area (TPSA) is 300 Å². The van der Waals surface area contributed by atoms with Gasteiger partial charge in [0.2, 0.25) is 23.6 Å². The van der Waals surface area contributed by atoms with Crippen molar-refractivity contribution < 1.29 is 63.0 Å². The Morgan fingerprint density at radius 1 is 0.710 bits per heavy atom. The predicted molar refractivity (Wildman–Crippen MR) is 224 cm³/mol. The van der Waals surface area contributed by atoms with Crippen LogP contribution in [0, 0.1) is 5.53 Å². The smallest absolute Gasteiger partial charge is 0.253 e. The van der Waals surface area contributed by atoms with Crippen molar-refractivity contribution in [1.29, 1.82) is 5.53 Å². The maximum atomic E-state index is 12.1. The Kier molecular flexibility index (Phi) is 28.8. The zero-order valence-electron chi connectivity index (χ0n) is 36.1. The van der Waals surface area contributed by atoms with Gasteiger partial charge in [-0.15, -0.1) is 0 Å². The molecule has 0 aliphatic carbocycles. The number of amides is 6. The van der Waals surface area contributed by atoms with Gasteiger partial charge in [-0.05, 0) is 19.3 Å². The van der Waals surface area contributed by atoms with Crippen molar-refractivity contribution in [3.8, 4) is 0 Å². The molecule has 0 aromatic heterocycles. The molecule has 0 unspecified atom stereocenters. The van der Waals surface area contributed by atoms with Crippen molar-refractivity contribution in [1.82, 2.24) is 31.5 Å². The Balaban J connectivity index is 1.32. The van der Waals surface area contributed by atoms with Crippen LogP contribution in [-0.2, 0) is 47.7 Å². The number of ether oxygens (including phenoxy) is 4. The quantitative estimate of drug-likeness (QED) is 0.0224. The Bertz CT molecular complexity index is 1420. The summed E-state index contributed by atoms with van der Waals surface area (Å²) in [7, 11) is 0. The van der Waals surface area contributed by atoms with E-state index in [1.54, 1.807) is 0 Å². The number of aliphatic hydroxyl groups excluding tert-OH is 3. The summed E-state index contributed by atoms with van der Waals surface area (Å²) in [4.78, 5) is 71.8. The number of unbranched alkanes of at least 4 members (excludes halogenated alkanes) is 7. The van der Waals surface area contributed by atoms with Crippen LogP contribution < -0.4 is 26.6 Å². The largest absolute Gasteiger partial charge is 0.394 e. The molecule has 0 saturated carbocycles. The molecule has 62 heavy (non-hydrogen) atoms. The number of imide groups is 1. The fraction of sp³-hybridized carbons (Fsp3) is 0.756. The van der Waals surface area contributed by atoms with E-state index in [9.17, 15) is 44.1 Å². The zero-order valence-corrected chi connectivity index (χ0v) is 36.1. The van der Waals surface area contributed by atoms with Gasteiger partial charge in [-0.2, -0.15) is 5.11 Å². The Morgan fingerprint density at radius 3 is 1.76 bits per heavy atom. The maximum Gasteiger partial charge on any atom is 0.253 e. The highest BCUT2D eigenvalue weighted by Crippen LogP contribution is 2.26. The standard InChI is InChI=1S/C41H70N8O13/c1-30(51)47-39-32(62-33(29-50)40(57)41(39)58)27-31(48-42)28-43-18-21-59-23-25-61-26-24-60-22-19-46-36(54)13-10-16-44-34(52)11-8-6-4-2-3-5-7-9-12-35(53)45-17-20-49-37(55)14-15-38(49)56/h14-15,28,32-33,39-43,50,57-58H,2-13,16-27,29H2,1H3,(H,44,52)(H,45,53)(H,46,54)(H,47,51)/b31-28-,48-42?/t32-,33-,39+,40+,41-/m1/s1. The molecule has 0 aromatic carbocycles. The summed E-state index contributed by atoms with van der Waals surface area (Å²) in [5, 5.41) is 47.5. The lowest BCUT2D eigenvalue weighted by Gasteiger charge is -2.42. The van der Waals surface area contributed by atoms with Gasteiger partial charge in [0, 0.05) is 83.7 Å². The number of nitrogens with zero attached hydrogens (tertiary/aromatic N) is 2. The maximum absolute atomic E-state index is 12.1. The van der Waals surface area contributed by atoms with Crippen molar-refractivity contribution in [3.63, 3.8) is 0 Å². The van der Waals surface area contributed by atoms with E-state index >= 15 is 0 Å². The average Bonchev–Trinajstić information content (AvgIpc) is 3.57. The van der Waals surface area contributed by atoms with Crippen molar-refractivity contribution >= 4 is 35.4 Å². The molecule has 5 atom stereocenters. The normalized spacial score (nSPS) is 20.0. The highest BCUT2D eigenvalue weighted by molar-refractivity contribution is 6.12. The molecule has 0 spiro atoms. The van der Waals surface area contributed by atoms with Gasteiger partial charge in [-0.25, -0.2) is 5.53 Å². The lowest BCUT2D eigenvalue weighted by Crippen LogP contribution is -2.64. The molecular weight excluding hydrogens is 812 g/mol. The third kappa shape index (κ3) is 23.7. The fourth-order valence-electron chi connectivity index (χ4n) is 6.58. The summed E-state index contributed by atoms with van der Waals surface area (Å²) in [5.41, 5.74) is 7.74. The number of hydrogen-bond donors (Lipinski definition) is 9. The van der Waals surface area contributed by atoms with E-state index in [1.807, 2.05) is 0 Å². The molecule has 1 saturated heterocycles. The van der Waals surface area contributed by atoms with Gasteiger partial charge in [-0.1, -0.05) is 38.5 Å². The lowest BCUT2D eigenvalue weighted by molar-refractivity contribution is -0.194. The van der Waals surface area contributed by atoms with Crippen LogP contribution in [0.4, 0.5) is 0 Å². The van der Waals surface area contributed by atoms with E-state index in [4.69, 9.17) is 24.5 Å². The van der Waals surface area contributed by atoms with Crippen LogP contribution in [0.5, 0.6) is 0 Å². The molecule has 21 nitrogen and oxygen atoms in total. The van der Waals surface area contributed by atoms with Gasteiger partial charge in [0.15, 0.2) is 0 Å². The third-order valence-electron chi connectivity index (χ3n) is 9.94. The second-order valence-corrected chi connectivity index (χ2v) is 15.0. The number of hydrogen-bond acceptors (Lipinski definition) is 16. The Hall–Kier alpha value is -4.38. The van der Waals surface area contributed by atoms with Crippen molar-refractivity contribution in [3.05, 3.63) is 24.0 Å². The van der Waals surface area contributed by atoms with Gasteiger partial charge in [0.25, 0.3) is 11.8 Å². The van der Waals surface area contributed by atoms with Crippen molar-refractivity contribution in [2.24, 2.45) is 5.11 Å². The molecule has 352 valence electrons. The predicted octanol–water partition coefficient (Wildman–Crippen LogP) is -0.171. The lowest BCUT2D eigenvalue weighted by atomic mass is 9.90. The van der Waals surface area contributed by atoms with E-state index in [1.165, 1.54) is 25.3 Å². The van der Waals surface area contributed by atoms with Crippen LogP contribution >= 0.6 is 0 Å². The Labute approximate surface area is 363 Å². The number of rotatable bonds is 36. The van der Waals surface area contributed by atoms with Gasteiger partial charge >= 0.3 is 0 Å². The first-order valence-corrected chi connectivity index (χ1v) is 21.7. The zero-order chi connectivity index (χ0) is 45.4. The highest BCUT2D eigenvalue weighted by atomic mass is 16.5. The van der Waals surface area contributed by atoms with Crippen LogP contribution in [0.1, 0.15) is 90.4 Å². The summed E-state index contributed by atoms with van der Waals surface area (Å²) in [6.07, 6.45) is 8.88. The molecule has 2 rings (SSSR count). The van der Waals surface area contributed by atoms with E-state index in [0.717, 1.165) is 56.3 Å². The number of nitrogens with one attached hydrogen (secondary N) is 6. The monoisotopic (exact) mass is 883 g/mol. The average molecular weight is 883 g/mol. The summed E-state index contributed by atoms with van der Waals surface area (Å²) in [6, 6.07) is -0.957. The summed E-state index contributed by atoms with van der Waals surface area (Å²) in [6.45, 7) is 4.49. The summed E-state index contributed by atoms with van der Waals surface area (Å²) in [5.74, 6) is -1.33. The molecular formula is C41H70N8O13. The van der Waals surface area contributed by atoms with Crippen LogP contribution in [0.25, 0.3) is 0 Å². The van der Waals surface area contributed by atoms with Crippen LogP contribution in [0.3, 0.4) is 0 Å². The van der Waals surface area contributed by atoms with Crippen molar-refractivity contribution in [2.75, 3.05) is 79.0 Å². The summed E-state index contributed by atoms with van der Waals surface area (Å²) >= 11 is 0. The third-order valence-corrected chi connectivity index (χ3v) is 9.94. The molecule has 2 aliphatic heterocycles. The number of carbonyl (C=O) groups excluding carboxylic acids is 6. The minimum atomic E-state index is -1.39. The van der Waals surface area contributed by atoms with Crippen LogP contribution in [0.2, 0.25) is 0 Å². The number of aliphatic hydroxyl groups is 3. The van der Waals surface area contributed by atoms with Gasteiger partial charge < -0.3 is 60.9 Å². The minimum absolute atomic E-state index is 0.00931. The highest BCUT2D eigenvalue weighted by Gasteiger charge is 2.44. The second kappa shape index (κ2) is 33.2. The Morgan fingerprint density at radius 2 is 1.21 bits per heavy atom. The van der Waals surface area contributed by atoms with Crippen LogP contribution in [-0.4, -0.2) is 165 Å². The molecule has 0 aromatic rings. The van der Waals surface area contributed by atoms with Gasteiger partial charge in [0.05, 0.1) is 64.1 Å². The van der Waals surface area contributed by atoms with E-state index in [-0.39, 0.29) is 54.7 Å². The molecule has 6 amide bonds. The molecule has 2 aliphatic rings. The first-order chi connectivity index (χ1) is 30.0. The van der Waals surface area contributed by atoms with Gasteiger partial charge in [-0.3, -0.25) is 33.7 Å². The van der Waals surface area contributed by atoms with E-state index in [0.29, 0.717) is 85.0 Å². The van der Waals surface area contributed by atoms with E-state index in [2.05, 4.69) is 31.7 Å². The fourth-order valence-corrected chi connectivity index (χ4v) is 6.58. The number of carbonyl (C=O) groups is 6. The first kappa shape index (κ1) is 53.8. The first-order valence-electron chi connectivity index (χ1n) is 21.7. The summed E-state index contributed by atoms with van der Waals surface area (Å²) < 4.78 is 22.2. The molecule has 0 radical (unpaired) electrons. The molecule has 0 bridgehead atoms. The minimum Gasteiger partial charge on any atom is -0.394 e. The molecule has 9 N–H and O–H groups in total. The molecule has 2 heterocycles. The van der Waals surface area contributed by atoms with E-state index < -0.39 is 43.0 Å². The molecule has 1 fully saturated rings. The van der Waals surface area contributed by atoms with Crippen molar-refractivity contribution in [2.45, 2.75) is 121 Å². The SMILES string of the molecule is CC(=O)N[C@@H]1[C@@H](O)[C@@H](O)[C@@H](CO)O[C@@H]1C/C(=C/NCCOCCOCCOCCNC(=O)CCCNC(=O)CCCCCCCCCCC(=O)NCCN1C(=O)C=CC1=O)N=N. The second-order valence-electron chi connectivity index (χ2n) is 15.0. The van der Waals surface area contributed by atoms with Gasteiger partial charge in [0.1, 0.15) is 18.3 Å². The van der Waals surface area contributed by atoms with Crippen LogP contribution in [0.15, 0.2) is 29.2 Å².